The van der Waals surface area contributed by atoms with E-state index in [0.29, 0.717) is 0 Å². The van der Waals surface area contributed by atoms with Gasteiger partial charge in [0.25, 0.3) is 6.16 Å². The summed E-state index contributed by atoms with van der Waals surface area (Å²) in [5.74, 6) is 0.179. The summed E-state index contributed by atoms with van der Waals surface area (Å²) in [6.45, 7) is 0. The Labute approximate surface area is 79.6 Å². The Morgan fingerprint density at radius 1 is 1.21 bits per heavy atom. The first-order chi connectivity index (χ1) is 6.47. The molecule has 1 atom stereocenters. The van der Waals surface area contributed by atoms with Gasteiger partial charge in [-0.1, -0.05) is 18.2 Å². The molecule has 0 aromatic heterocycles. The van der Waals surface area contributed by atoms with Gasteiger partial charge in [0.15, 0.2) is 5.75 Å². The number of alkyl halides is 3. The predicted octanol–water partition coefficient (Wildman–Crippen LogP) is 3.37. The molecule has 0 amide bonds. The van der Waals surface area contributed by atoms with Crippen LogP contribution in [0, 0.1) is 0 Å². The van der Waals surface area contributed by atoms with Crippen LogP contribution in [0.2, 0.25) is 0 Å². The molecule has 0 spiro atoms. The summed E-state index contributed by atoms with van der Waals surface area (Å²) in [6, 6.07) is 7.76. The van der Waals surface area contributed by atoms with Gasteiger partial charge in [-0.2, -0.15) is 13.2 Å². The average Bonchev–Trinajstić information content (AvgIpc) is 2.02. The standard InChI is InChI=1S/C8H7F3O2P/c9-8(10,11)6-14(12)13-7-4-2-1-3-5-7/h1-5H,6H2/q+1. The summed E-state index contributed by atoms with van der Waals surface area (Å²) < 4.78 is 50.6. The molecule has 1 aromatic carbocycles. The van der Waals surface area contributed by atoms with Crippen LogP contribution in [0.25, 0.3) is 0 Å². The fraction of sp³-hybridized carbons (Fsp3) is 0.250. The first-order valence-electron chi connectivity index (χ1n) is 3.72. The van der Waals surface area contributed by atoms with Crippen molar-refractivity contribution in [2.75, 3.05) is 6.16 Å². The molecule has 0 N–H and O–H groups in total. The van der Waals surface area contributed by atoms with Gasteiger partial charge in [-0.25, -0.2) is 0 Å². The van der Waals surface area contributed by atoms with Crippen LogP contribution < -0.4 is 4.52 Å². The normalized spacial score (nSPS) is 12.4. The SMILES string of the molecule is O=[P+](CC(F)(F)F)Oc1ccccc1. The van der Waals surface area contributed by atoms with E-state index in [0.717, 1.165) is 0 Å². The number of rotatable bonds is 3. The number of hydrogen-bond donors (Lipinski definition) is 0. The summed E-state index contributed by atoms with van der Waals surface area (Å²) in [7, 11) is -2.72. The van der Waals surface area contributed by atoms with Crippen molar-refractivity contribution in [1.82, 2.24) is 0 Å². The zero-order chi connectivity index (χ0) is 10.6. The van der Waals surface area contributed by atoms with Crippen molar-refractivity contribution in [2.45, 2.75) is 6.18 Å². The van der Waals surface area contributed by atoms with Gasteiger partial charge in [0.2, 0.25) is 0 Å². The van der Waals surface area contributed by atoms with Crippen LogP contribution in [0.5, 0.6) is 5.75 Å². The molecular formula is C8H7F3O2P+. The number of benzene rings is 1. The fourth-order valence-electron chi connectivity index (χ4n) is 0.778. The van der Waals surface area contributed by atoms with Crippen LogP contribution in [0.4, 0.5) is 13.2 Å². The minimum Gasteiger partial charge on any atom is -0.254 e. The van der Waals surface area contributed by atoms with E-state index in [1.165, 1.54) is 12.1 Å². The Bertz CT molecular complexity index is 310. The van der Waals surface area contributed by atoms with E-state index in [2.05, 4.69) is 4.52 Å². The van der Waals surface area contributed by atoms with E-state index in [1.807, 2.05) is 0 Å². The van der Waals surface area contributed by atoms with Crippen molar-refractivity contribution in [3.05, 3.63) is 30.3 Å². The Hall–Kier alpha value is -1.09. The van der Waals surface area contributed by atoms with Gasteiger partial charge in [0.1, 0.15) is 0 Å². The zero-order valence-corrected chi connectivity index (χ0v) is 7.89. The van der Waals surface area contributed by atoms with Crippen molar-refractivity contribution in [2.24, 2.45) is 0 Å². The molecule has 1 rings (SSSR count). The Morgan fingerprint density at radius 2 is 1.79 bits per heavy atom. The maximum Gasteiger partial charge on any atom is 0.565 e. The highest BCUT2D eigenvalue weighted by Crippen LogP contribution is 2.33. The molecule has 14 heavy (non-hydrogen) atoms. The van der Waals surface area contributed by atoms with E-state index < -0.39 is 20.4 Å². The molecule has 2 nitrogen and oxygen atoms in total. The van der Waals surface area contributed by atoms with Crippen molar-refractivity contribution in [3.63, 3.8) is 0 Å². The highest BCUT2D eigenvalue weighted by Gasteiger charge is 2.41. The van der Waals surface area contributed by atoms with Crippen molar-refractivity contribution >= 4 is 8.03 Å². The molecule has 0 saturated carbocycles. The number of halogens is 3. The van der Waals surface area contributed by atoms with Crippen LogP contribution in [0.1, 0.15) is 0 Å². The second kappa shape index (κ2) is 4.42. The molecule has 0 saturated heterocycles. The summed E-state index contributed by atoms with van der Waals surface area (Å²) in [4.78, 5) is 0. The molecule has 0 aliphatic heterocycles. The average molecular weight is 223 g/mol. The number of para-hydroxylation sites is 1. The second-order valence-electron chi connectivity index (χ2n) is 2.51. The maximum absolute atomic E-state index is 11.7. The van der Waals surface area contributed by atoms with E-state index in [1.54, 1.807) is 18.2 Å². The minimum atomic E-state index is -4.46. The lowest BCUT2D eigenvalue weighted by atomic mass is 10.3. The van der Waals surface area contributed by atoms with Crippen molar-refractivity contribution in [1.29, 1.82) is 0 Å². The van der Waals surface area contributed by atoms with Gasteiger partial charge in [-0.05, 0) is 16.7 Å². The second-order valence-corrected chi connectivity index (χ2v) is 3.67. The lowest BCUT2D eigenvalue weighted by Gasteiger charge is -1.96. The molecule has 1 unspecified atom stereocenters. The van der Waals surface area contributed by atoms with Gasteiger partial charge in [0.05, 0.1) is 0 Å². The third kappa shape index (κ3) is 4.23. The van der Waals surface area contributed by atoms with Crippen molar-refractivity contribution in [3.8, 4) is 5.75 Å². The molecular weight excluding hydrogens is 216 g/mol. The quantitative estimate of drug-likeness (QED) is 0.734. The monoisotopic (exact) mass is 223 g/mol. The third-order valence-corrected chi connectivity index (χ3v) is 2.29. The molecule has 0 radical (unpaired) electrons. The van der Waals surface area contributed by atoms with Gasteiger partial charge < -0.3 is 0 Å². The van der Waals surface area contributed by atoms with Crippen LogP contribution >= 0.6 is 8.03 Å². The Morgan fingerprint density at radius 3 is 2.29 bits per heavy atom. The lowest BCUT2D eigenvalue weighted by Crippen LogP contribution is -2.11. The molecule has 0 aliphatic rings. The van der Waals surface area contributed by atoms with E-state index in [9.17, 15) is 17.7 Å². The maximum atomic E-state index is 11.7. The first kappa shape index (κ1) is 11.0. The summed E-state index contributed by atoms with van der Waals surface area (Å²) in [5.41, 5.74) is 0. The molecule has 6 heteroatoms. The highest BCUT2D eigenvalue weighted by atomic mass is 31.1. The Balaban J connectivity index is 2.50. The van der Waals surface area contributed by atoms with Crippen LogP contribution in [-0.2, 0) is 4.57 Å². The van der Waals surface area contributed by atoms with Crippen LogP contribution in [0.3, 0.4) is 0 Å². The van der Waals surface area contributed by atoms with Gasteiger partial charge in [0, 0.05) is 0 Å². The topological polar surface area (TPSA) is 26.3 Å². The highest BCUT2D eigenvalue weighted by molar-refractivity contribution is 7.39. The smallest absolute Gasteiger partial charge is 0.254 e. The van der Waals surface area contributed by atoms with E-state index >= 15 is 0 Å². The Kier molecular flexibility index (Phi) is 3.47. The largest absolute Gasteiger partial charge is 0.565 e. The predicted molar refractivity (Wildman–Crippen MR) is 45.6 cm³/mol. The van der Waals surface area contributed by atoms with Crippen molar-refractivity contribution < 1.29 is 22.3 Å². The third-order valence-electron chi connectivity index (χ3n) is 1.26. The minimum absolute atomic E-state index is 0.179. The summed E-state index contributed by atoms with van der Waals surface area (Å²) in [5, 5.41) is 0. The van der Waals surface area contributed by atoms with E-state index in [4.69, 9.17) is 0 Å². The van der Waals surface area contributed by atoms with Crippen LogP contribution in [0.15, 0.2) is 30.3 Å². The van der Waals surface area contributed by atoms with E-state index in [-0.39, 0.29) is 5.75 Å². The zero-order valence-electron chi connectivity index (χ0n) is 6.99. The van der Waals surface area contributed by atoms with Gasteiger partial charge in [-0.3, -0.25) is 4.52 Å². The molecule has 76 valence electrons. The molecule has 0 bridgehead atoms. The lowest BCUT2D eigenvalue weighted by molar-refractivity contribution is -0.107. The fourth-order valence-corrected chi connectivity index (χ4v) is 1.49. The van der Waals surface area contributed by atoms with Crippen LogP contribution in [-0.4, -0.2) is 12.3 Å². The molecule has 0 aliphatic carbocycles. The summed E-state index contributed by atoms with van der Waals surface area (Å²) >= 11 is 0. The number of hydrogen-bond acceptors (Lipinski definition) is 2. The molecule has 1 aromatic rings. The first-order valence-corrected chi connectivity index (χ1v) is 5.08. The van der Waals surface area contributed by atoms with Gasteiger partial charge in [-0.15, -0.1) is 0 Å². The molecule has 0 heterocycles. The summed E-state index contributed by atoms with van der Waals surface area (Å²) in [6.07, 6.45) is -5.88. The van der Waals surface area contributed by atoms with Gasteiger partial charge >= 0.3 is 14.2 Å². The molecule has 0 fully saturated rings.